The molecule has 2 heteroatoms. The van der Waals surface area contributed by atoms with Crippen LogP contribution in [0.2, 0.25) is 0 Å². The number of nitriles is 1. The fourth-order valence-electron chi connectivity index (χ4n) is 1.37. The van der Waals surface area contributed by atoms with Crippen LogP contribution in [-0.4, -0.2) is 0 Å². The Kier molecular flexibility index (Phi) is 2.05. The van der Waals surface area contributed by atoms with E-state index in [0.29, 0.717) is 5.56 Å². The second-order valence-electron chi connectivity index (χ2n) is 3.04. The first-order valence-corrected chi connectivity index (χ1v) is 3.84. The molecule has 12 heavy (non-hydrogen) atoms. The summed E-state index contributed by atoms with van der Waals surface area (Å²) >= 11 is 0. The van der Waals surface area contributed by atoms with Crippen LogP contribution in [0.4, 0.5) is 5.69 Å². The first-order chi connectivity index (χ1) is 5.57. The van der Waals surface area contributed by atoms with Crippen LogP contribution in [0.1, 0.15) is 22.3 Å². The molecule has 0 spiro atoms. The van der Waals surface area contributed by atoms with Crippen molar-refractivity contribution in [3.05, 3.63) is 28.3 Å². The Bertz CT molecular complexity index is 359. The molecule has 0 radical (unpaired) electrons. The third kappa shape index (κ3) is 1.14. The molecule has 0 heterocycles. The molecule has 1 rings (SSSR count). The van der Waals surface area contributed by atoms with E-state index in [4.69, 9.17) is 11.0 Å². The van der Waals surface area contributed by atoms with Crippen molar-refractivity contribution in [2.45, 2.75) is 20.8 Å². The van der Waals surface area contributed by atoms with Crippen molar-refractivity contribution in [3.8, 4) is 6.07 Å². The van der Waals surface area contributed by atoms with Gasteiger partial charge in [0, 0.05) is 5.69 Å². The van der Waals surface area contributed by atoms with E-state index < -0.39 is 0 Å². The predicted octanol–water partition coefficient (Wildman–Crippen LogP) is 2.07. The summed E-state index contributed by atoms with van der Waals surface area (Å²) in [5, 5.41) is 8.81. The van der Waals surface area contributed by atoms with Crippen molar-refractivity contribution in [1.29, 1.82) is 5.26 Å². The van der Waals surface area contributed by atoms with Gasteiger partial charge in [-0.25, -0.2) is 0 Å². The van der Waals surface area contributed by atoms with E-state index in [1.54, 1.807) is 0 Å². The van der Waals surface area contributed by atoms with Gasteiger partial charge in [0.15, 0.2) is 0 Å². The second-order valence-corrected chi connectivity index (χ2v) is 3.04. The fraction of sp³-hybridized carbons (Fsp3) is 0.300. The maximum Gasteiger partial charge on any atom is 0.0998 e. The standard InChI is InChI=1S/C10H12N2/c1-6-4-7(2)10(12)8(3)9(6)5-11/h4H,12H2,1-3H3. The minimum atomic E-state index is 0.707. The number of nitrogens with two attached hydrogens (primary N) is 1. The summed E-state index contributed by atoms with van der Waals surface area (Å²) in [6, 6.07) is 4.10. The molecule has 0 aliphatic rings. The van der Waals surface area contributed by atoms with E-state index >= 15 is 0 Å². The smallest absolute Gasteiger partial charge is 0.0998 e. The summed E-state index contributed by atoms with van der Waals surface area (Å²) in [7, 11) is 0. The first kappa shape index (κ1) is 8.61. The average Bonchev–Trinajstić information content (AvgIpc) is 2.01. The highest BCUT2D eigenvalue weighted by molar-refractivity contribution is 5.61. The molecular formula is C10H12N2. The number of anilines is 1. The Hall–Kier alpha value is -1.49. The van der Waals surface area contributed by atoms with Gasteiger partial charge in [-0.05, 0) is 37.5 Å². The number of benzene rings is 1. The zero-order valence-corrected chi connectivity index (χ0v) is 7.60. The Morgan fingerprint density at radius 3 is 2.33 bits per heavy atom. The maximum absolute atomic E-state index is 8.81. The lowest BCUT2D eigenvalue weighted by Gasteiger charge is -2.08. The van der Waals surface area contributed by atoms with Gasteiger partial charge in [0.1, 0.15) is 0 Å². The van der Waals surface area contributed by atoms with E-state index in [1.807, 2.05) is 26.8 Å². The molecule has 0 saturated heterocycles. The largest absolute Gasteiger partial charge is 0.398 e. The van der Waals surface area contributed by atoms with Gasteiger partial charge in [-0.2, -0.15) is 5.26 Å². The van der Waals surface area contributed by atoms with Gasteiger partial charge in [0.2, 0.25) is 0 Å². The van der Waals surface area contributed by atoms with Crippen LogP contribution in [0.5, 0.6) is 0 Å². The van der Waals surface area contributed by atoms with Crippen molar-refractivity contribution < 1.29 is 0 Å². The number of hydrogen-bond donors (Lipinski definition) is 1. The quantitative estimate of drug-likeness (QED) is 0.590. The predicted molar refractivity (Wildman–Crippen MR) is 49.8 cm³/mol. The number of aryl methyl sites for hydroxylation is 2. The molecule has 1 aromatic rings. The fourth-order valence-corrected chi connectivity index (χ4v) is 1.37. The van der Waals surface area contributed by atoms with Gasteiger partial charge in [0.05, 0.1) is 11.6 Å². The monoisotopic (exact) mass is 160 g/mol. The van der Waals surface area contributed by atoms with Crippen LogP contribution in [0.15, 0.2) is 6.07 Å². The Morgan fingerprint density at radius 2 is 1.83 bits per heavy atom. The third-order valence-electron chi connectivity index (χ3n) is 2.14. The highest BCUT2D eigenvalue weighted by Crippen LogP contribution is 2.22. The molecule has 62 valence electrons. The van der Waals surface area contributed by atoms with Gasteiger partial charge >= 0.3 is 0 Å². The molecular weight excluding hydrogens is 148 g/mol. The summed E-state index contributed by atoms with van der Waals surface area (Å²) in [6.07, 6.45) is 0. The van der Waals surface area contributed by atoms with Gasteiger partial charge in [-0.1, -0.05) is 6.07 Å². The molecule has 0 saturated carbocycles. The van der Waals surface area contributed by atoms with Gasteiger partial charge in [0.25, 0.3) is 0 Å². The molecule has 0 bridgehead atoms. The molecule has 0 amide bonds. The van der Waals surface area contributed by atoms with Crippen LogP contribution in [0.25, 0.3) is 0 Å². The highest BCUT2D eigenvalue weighted by atomic mass is 14.6. The molecule has 0 fully saturated rings. The van der Waals surface area contributed by atoms with Crippen molar-refractivity contribution >= 4 is 5.69 Å². The number of nitrogens with zero attached hydrogens (tertiary/aromatic N) is 1. The van der Waals surface area contributed by atoms with Gasteiger partial charge in [-0.15, -0.1) is 0 Å². The van der Waals surface area contributed by atoms with Gasteiger partial charge < -0.3 is 5.73 Å². The average molecular weight is 160 g/mol. The van der Waals surface area contributed by atoms with Crippen LogP contribution >= 0.6 is 0 Å². The van der Waals surface area contributed by atoms with E-state index in [0.717, 1.165) is 22.4 Å². The van der Waals surface area contributed by atoms with Crippen molar-refractivity contribution in [2.75, 3.05) is 5.73 Å². The van der Waals surface area contributed by atoms with E-state index in [1.165, 1.54) is 0 Å². The third-order valence-corrected chi connectivity index (χ3v) is 2.14. The van der Waals surface area contributed by atoms with Crippen LogP contribution in [0, 0.1) is 32.1 Å². The normalized spacial score (nSPS) is 9.50. The maximum atomic E-state index is 8.81. The molecule has 1 aromatic carbocycles. The molecule has 0 aliphatic heterocycles. The number of rotatable bonds is 0. The Morgan fingerprint density at radius 1 is 1.25 bits per heavy atom. The molecule has 2 N–H and O–H groups in total. The lowest BCUT2D eigenvalue weighted by molar-refractivity contribution is 1.28. The lowest BCUT2D eigenvalue weighted by atomic mass is 9.99. The summed E-state index contributed by atoms with van der Waals surface area (Å²) in [5.41, 5.74) is 10.2. The highest BCUT2D eigenvalue weighted by Gasteiger charge is 2.06. The topological polar surface area (TPSA) is 49.8 Å². The Labute approximate surface area is 72.6 Å². The second kappa shape index (κ2) is 2.86. The van der Waals surface area contributed by atoms with Crippen LogP contribution in [0.3, 0.4) is 0 Å². The van der Waals surface area contributed by atoms with Crippen LogP contribution < -0.4 is 5.73 Å². The SMILES string of the molecule is Cc1cc(C)c(C#N)c(C)c1N. The zero-order chi connectivity index (χ0) is 9.30. The zero-order valence-electron chi connectivity index (χ0n) is 7.60. The van der Waals surface area contributed by atoms with Crippen molar-refractivity contribution in [3.63, 3.8) is 0 Å². The van der Waals surface area contributed by atoms with Crippen molar-refractivity contribution in [2.24, 2.45) is 0 Å². The Balaban J connectivity index is 3.54. The van der Waals surface area contributed by atoms with E-state index in [-0.39, 0.29) is 0 Å². The molecule has 0 aliphatic carbocycles. The molecule has 0 atom stereocenters. The van der Waals surface area contributed by atoms with E-state index in [9.17, 15) is 0 Å². The lowest BCUT2D eigenvalue weighted by Crippen LogP contribution is -1.98. The minimum absolute atomic E-state index is 0.707. The van der Waals surface area contributed by atoms with E-state index in [2.05, 4.69) is 6.07 Å². The van der Waals surface area contributed by atoms with Crippen molar-refractivity contribution in [1.82, 2.24) is 0 Å². The summed E-state index contributed by atoms with van der Waals surface area (Å²) in [4.78, 5) is 0. The number of hydrogen-bond acceptors (Lipinski definition) is 2. The summed E-state index contributed by atoms with van der Waals surface area (Å²) in [6.45, 7) is 5.77. The molecule has 2 nitrogen and oxygen atoms in total. The van der Waals surface area contributed by atoms with Crippen LogP contribution in [-0.2, 0) is 0 Å². The summed E-state index contributed by atoms with van der Waals surface area (Å²) < 4.78 is 0. The molecule has 0 unspecified atom stereocenters. The summed E-state index contributed by atoms with van der Waals surface area (Å²) in [5.74, 6) is 0. The van der Waals surface area contributed by atoms with Gasteiger partial charge in [-0.3, -0.25) is 0 Å². The number of nitrogen functional groups attached to an aromatic ring is 1. The first-order valence-electron chi connectivity index (χ1n) is 3.84. The molecule has 0 aromatic heterocycles. The minimum Gasteiger partial charge on any atom is -0.398 e.